The van der Waals surface area contributed by atoms with Gasteiger partial charge in [0, 0.05) is 6.42 Å². The minimum atomic E-state index is -0.633. The molecule has 0 saturated heterocycles. The maximum Gasteiger partial charge on any atom is 0.140 e. The maximum absolute atomic E-state index is 9.48. The van der Waals surface area contributed by atoms with Crippen molar-refractivity contribution in [1.29, 1.82) is 0 Å². The highest BCUT2D eigenvalue weighted by molar-refractivity contribution is 5.24. The van der Waals surface area contributed by atoms with E-state index < -0.39 is 6.10 Å². The summed E-state index contributed by atoms with van der Waals surface area (Å²) in [5.74, 6) is 5.60. The Balaban J connectivity index is 0.000000791. The Morgan fingerprint density at radius 2 is 1.79 bits per heavy atom. The molecule has 1 heteroatoms. The van der Waals surface area contributed by atoms with Crippen LogP contribution in [0.2, 0.25) is 0 Å². The van der Waals surface area contributed by atoms with E-state index in [2.05, 4.69) is 11.8 Å². The molecule has 1 unspecified atom stereocenters. The molecule has 0 aromatic heterocycles. The largest absolute Gasteiger partial charge is 0.376 e. The first-order valence-electron chi connectivity index (χ1n) is 5.06. The Hall–Kier alpha value is -1.26. The van der Waals surface area contributed by atoms with Gasteiger partial charge >= 0.3 is 0 Å². The lowest BCUT2D eigenvalue weighted by molar-refractivity contribution is 0.238. The molecule has 0 bridgehead atoms. The second kappa shape index (κ2) is 8.34. The van der Waals surface area contributed by atoms with Crippen molar-refractivity contribution in [3.8, 4) is 11.8 Å². The van der Waals surface area contributed by atoms with E-state index >= 15 is 0 Å². The first-order chi connectivity index (χ1) is 6.84. The molecule has 0 aliphatic rings. The Bertz CT molecular complexity index is 279. The molecule has 0 radical (unpaired) electrons. The van der Waals surface area contributed by atoms with Gasteiger partial charge < -0.3 is 5.11 Å². The minimum absolute atomic E-state index is 0.633. The lowest BCUT2D eigenvalue weighted by Crippen LogP contribution is -1.91. The van der Waals surface area contributed by atoms with Crippen LogP contribution in [0.25, 0.3) is 0 Å². The summed E-state index contributed by atoms with van der Waals surface area (Å²) < 4.78 is 0. The van der Waals surface area contributed by atoms with E-state index in [-0.39, 0.29) is 0 Å². The lowest BCUT2D eigenvalue weighted by Gasteiger charge is -2.01. The van der Waals surface area contributed by atoms with Crippen molar-refractivity contribution < 1.29 is 5.11 Å². The van der Waals surface area contributed by atoms with E-state index in [0.717, 1.165) is 12.0 Å². The standard InChI is InChI=1S/C11H12O.C2H6/c1-2-3-9-11(12)10-7-5-4-6-8-10;1-2/h4-8,11-12H,2H2,1H3;1-2H3. The molecule has 0 aliphatic heterocycles. The number of hydrogen-bond donors (Lipinski definition) is 1. The van der Waals surface area contributed by atoms with Gasteiger partial charge in [-0.3, -0.25) is 0 Å². The van der Waals surface area contributed by atoms with Gasteiger partial charge in [0.25, 0.3) is 0 Å². The number of aliphatic hydroxyl groups is 1. The fourth-order valence-electron chi connectivity index (χ4n) is 0.917. The van der Waals surface area contributed by atoms with Crippen molar-refractivity contribution in [2.45, 2.75) is 33.3 Å². The van der Waals surface area contributed by atoms with Crippen molar-refractivity contribution >= 4 is 0 Å². The summed E-state index contributed by atoms with van der Waals surface area (Å²) in [7, 11) is 0. The summed E-state index contributed by atoms with van der Waals surface area (Å²) >= 11 is 0. The van der Waals surface area contributed by atoms with Gasteiger partial charge in [-0.15, -0.1) is 5.92 Å². The number of rotatable bonds is 1. The number of benzene rings is 1. The molecule has 1 aromatic rings. The molecular formula is C13H18O. The molecule has 1 nitrogen and oxygen atoms in total. The Morgan fingerprint density at radius 3 is 2.29 bits per heavy atom. The van der Waals surface area contributed by atoms with E-state index in [1.807, 2.05) is 51.1 Å². The second-order valence-electron chi connectivity index (χ2n) is 2.49. The summed E-state index contributed by atoms with van der Waals surface area (Å²) in [6.07, 6.45) is 0.148. The topological polar surface area (TPSA) is 20.2 Å². The Labute approximate surface area is 86.8 Å². The molecule has 0 saturated carbocycles. The molecule has 0 fully saturated rings. The molecule has 0 heterocycles. The van der Waals surface area contributed by atoms with Crippen LogP contribution < -0.4 is 0 Å². The molecule has 1 aromatic carbocycles. The van der Waals surface area contributed by atoms with Gasteiger partial charge in [-0.25, -0.2) is 0 Å². The van der Waals surface area contributed by atoms with Crippen molar-refractivity contribution in [2.24, 2.45) is 0 Å². The Morgan fingerprint density at radius 1 is 1.21 bits per heavy atom. The fraction of sp³-hybridized carbons (Fsp3) is 0.385. The van der Waals surface area contributed by atoms with Gasteiger partial charge in [-0.1, -0.05) is 57.0 Å². The predicted octanol–water partition coefficient (Wildman–Crippen LogP) is 3.16. The average molecular weight is 190 g/mol. The highest BCUT2D eigenvalue weighted by Gasteiger charge is 1.99. The van der Waals surface area contributed by atoms with Crippen LogP contribution in [0.4, 0.5) is 0 Å². The van der Waals surface area contributed by atoms with Crippen molar-refractivity contribution in [2.75, 3.05) is 0 Å². The van der Waals surface area contributed by atoms with E-state index in [0.29, 0.717) is 0 Å². The first-order valence-corrected chi connectivity index (χ1v) is 5.06. The lowest BCUT2D eigenvalue weighted by atomic mass is 10.1. The van der Waals surface area contributed by atoms with Gasteiger partial charge in [-0.2, -0.15) is 0 Å². The minimum Gasteiger partial charge on any atom is -0.376 e. The summed E-state index contributed by atoms with van der Waals surface area (Å²) in [5.41, 5.74) is 0.860. The maximum atomic E-state index is 9.48. The summed E-state index contributed by atoms with van der Waals surface area (Å²) in [6.45, 7) is 5.96. The highest BCUT2D eigenvalue weighted by Crippen LogP contribution is 2.09. The number of hydrogen-bond acceptors (Lipinski definition) is 1. The third kappa shape index (κ3) is 4.69. The van der Waals surface area contributed by atoms with E-state index in [1.54, 1.807) is 0 Å². The molecule has 0 amide bonds. The highest BCUT2D eigenvalue weighted by atomic mass is 16.3. The van der Waals surface area contributed by atoms with E-state index in [4.69, 9.17) is 0 Å². The zero-order valence-corrected chi connectivity index (χ0v) is 9.12. The van der Waals surface area contributed by atoms with Crippen molar-refractivity contribution in [1.82, 2.24) is 0 Å². The van der Waals surface area contributed by atoms with Crippen LogP contribution in [0.15, 0.2) is 30.3 Å². The average Bonchev–Trinajstić information content (AvgIpc) is 2.30. The van der Waals surface area contributed by atoms with E-state index in [9.17, 15) is 5.11 Å². The summed E-state index contributed by atoms with van der Waals surface area (Å²) in [6, 6.07) is 9.45. The van der Waals surface area contributed by atoms with Crippen LogP contribution in [0.1, 0.15) is 38.9 Å². The van der Waals surface area contributed by atoms with Gasteiger partial charge in [0.15, 0.2) is 0 Å². The normalized spacial score (nSPS) is 10.3. The molecule has 0 aliphatic carbocycles. The van der Waals surface area contributed by atoms with Crippen LogP contribution in [-0.4, -0.2) is 5.11 Å². The van der Waals surface area contributed by atoms with Gasteiger partial charge in [0.05, 0.1) is 0 Å². The molecule has 14 heavy (non-hydrogen) atoms. The first kappa shape index (κ1) is 12.7. The smallest absolute Gasteiger partial charge is 0.140 e. The molecule has 1 N–H and O–H groups in total. The van der Waals surface area contributed by atoms with Crippen LogP contribution in [0.3, 0.4) is 0 Å². The van der Waals surface area contributed by atoms with Crippen LogP contribution >= 0.6 is 0 Å². The monoisotopic (exact) mass is 190 g/mol. The number of aliphatic hydroxyl groups excluding tert-OH is 1. The zero-order valence-electron chi connectivity index (χ0n) is 9.12. The van der Waals surface area contributed by atoms with Crippen molar-refractivity contribution in [3.63, 3.8) is 0 Å². The molecule has 76 valence electrons. The molecule has 0 spiro atoms. The van der Waals surface area contributed by atoms with Gasteiger partial charge in [-0.05, 0) is 5.56 Å². The molecule has 1 rings (SSSR count). The fourth-order valence-corrected chi connectivity index (χ4v) is 0.917. The van der Waals surface area contributed by atoms with Crippen LogP contribution in [0.5, 0.6) is 0 Å². The molecule has 1 atom stereocenters. The Kier molecular flexibility index (Phi) is 7.59. The predicted molar refractivity (Wildman–Crippen MR) is 60.8 cm³/mol. The van der Waals surface area contributed by atoms with Crippen molar-refractivity contribution in [3.05, 3.63) is 35.9 Å². The third-order valence-corrected chi connectivity index (χ3v) is 1.53. The summed E-state index contributed by atoms with van der Waals surface area (Å²) in [5, 5.41) is 9.48. The second-order valence-corrected chi connectivity index (χ2v) is 2.49. The van der Waals surface area contributed by atoms with Gasteiger partial charge in [0.1, 0.15) is 6.10 Å². The SMILES string of the molecule is CC.CCC#CC(O)c1ccccc1. The van der Waals surface area contributed by atoms with E-state index in [1.165, 1.54) is 0 Å². The van der Waals surface area contributed by atoms with Gasteiger partial charge in [0.2, 0.25) is 0 Å². The quantitative estimate of drug-likeness (QED) is 0.674. The van der Waals surface area contributed by atoms with Crippen LogP contribution in [-0.2, 0) is 0 Å². The summed E-state index contributed by atoms with van der Waals surface area (Å²) in [4.78, 5) is 0. The van der Waals surface area contributed by atoms with Crippen LogP contribution in [0, 0.1) is 11.8 Å². The third-order valence-electron chi connectivity index (χ3n) is 1.53. The zero-order chi connectivity index (χ0) is 10.8. The molecular weight excluding hydrogens is 172 g/mol.